The van der Waals surface area contributed by atoms with Crippen LogP contribution in [-0.4, -0.2) is 40.0 Å². The van der Waals surface area contributed by atoms with Crippen molar-refractivity contribution >= 4 is 0 Å². The van der Waals surface area contributed by atoms with Crippen LogP contribution >= 0.6 is 0 Å². The molecule has 0 N–H and O–H groups in total. The molecular weight excluding hydrogens is 272 g/mol. The molecule has 2 rings (SSSR count). The predicted octanol–water partition coefficient (Wildman–Crippen LogP) is 2.72. The summed E-state index contributed by atoms with van der Waals surface area (Å²) < 4.78 is 1.98. The average molecular weight is 296 g/mol. The van der Waals surface area contributed by atoms with Crippen molar-refractivity contribution in [2.24, 2.45) is 0 Å². The van der Waals surface area contributed by atoms with Crippen molar-refractivity contribution in [1.29, 1.82) is 0 Å². The van der Waals surface area contributed by atoms with Gasteiger partial charge in [0.05, 0.1) is 23.6 Å². The van der Waals surface area contributed by atoms with Crippen molar-refractivity contribution in [2.45, 2.75) is 32.6 Å². The maximum Gasteiger partial charge on any atom is 0.0876 e. The van der Waals surface area contributed by atoms with Crippen LogP contribution in [0.15, 0.2) is 30.3 Å². The summed E-state index contributed by atoms with van der Waals surface area (Å²) in [4.78, 5) is 2.13. The lowest BCUT2D eigenvalue weighted by molar-refractivity contribution is 0.378. The number of nitrogens with zero attached hydrogens (tertiary/aromatic N) is 4. The largest absolute Gasteiger partial charge is 0.295 e. The zero-order valence-electron chi connectivity index (χ0n) is 13.5. The molecule has 0 unspecified atom stereocenters. The van der Waals surface area contributed by atoms with E-state index in [0.29, 0.717) is 6.54 Å². The second-order valence-electron chi connectivity index (χ2n) is 5.53. The molecule has 0 atom stereocenters. The van der Waals surface area contributed by atoms with Gasteiger partial charge in [0, 0.05) is 13.0 Å². The maximum absolute atomic E-state index is 5.35. The zero-order chi connectivity index (χ0) is 15.8. The Labute approximate surface area is 133 Å². The standard InChI is InChI=1S/C18H24N4/c1-4-6-12-18-17(13-15-21(3)14-5-2)19-20-22(18)16-10-8-7-9-11-16/h2,7-11H,4,6,12-15H2,1,3H3. The quantitative estimate of drug-likeness (QED) is 0.702. The highest BCUT2D eigenvalue weighted by Gasteiger charge is 2.14. The van der Waals surface area contributed by atoms with Crippen molar-refractivity contribution in [3.63, 3.8) is 0 Å². The van der Waals surface area contributed by atoms with Crippen LogP contribution in [0.4, 0.5) is 0 Å². The molecule has 4 nitrogen and oxygen atoms in total. The lowest BCUT2D eigenvalue weighted by Gasteiger charge is -2.13. The van der Waals surface area contributed by atoms with E-state index in [-0.39, 0.29) is 0 Å². The van der Waals surface area contributed by atoms with Gasteiger partial charge in [-0.25, -0.2) is 4.68 Å². The number of aromatic nitrogens is 3. The highest BCUT2D eigenvalue weighted by Crippen LogP contribution is 2.16. The smallest absolute Gasteiger partial charge is 0.0876 e. The van der Waals surface area contributed by atoms with Crippen molar-refractivity contribution < 1.29 is 0 Å². The molecule has 116 valence electrons. The molecule has 0 fully saturated rings. The minimum Gasteiger partial charge on any atom is -0.295 e. The number of para-hydroxylation sites is 1. The Morgan fingerprint density at radius 1 is 1.23 bits per heavy atom. The van der Waals surface area contributed by atoms with Gasteiger partial charge >= 0.3 is 0 Å². The number of unbranched alkanes of at least 4 members (excludes halogenated alkanes) is 1. The van der Waals surface area contributed by atoms with E-state index < -0.39 is 0 Å². The van der Waals surface area contributed by atoms with Crippen LogP contribution in [0.2, 0.25) is 0 Å². The van der Waals surface area contributed by atoms with Crippen molar-refractivity contribution in [3.05, 3.63) is 41.7 Å². The predicted molar refractivity (Wildman–Crippen MR) is 90.0 cm³/mol. The van der Waals surface area contributed by atoms with E-state index in [1.54, 1.807) is 0 Å². The van der Waals surface area contributed by atoms with Crippen molar-refractivity contribution in [1.82, 2.24) is 19.9 Å². The summed E-state index contributed by atoms with van der Waals surface area (Å²) in [7, 11) is 2.03. The Morgan fingerprint density at radius 3 is 2.68 bits per heavy atom. The molecule has 0 saturated carbocycles. The summed E-state index contributed by atoms with van der Waals surface area (Å²) in [5, 5.41) is 8.78. The lowest BCUT2D eigenvalue weighted by atomic mass is 10.1. The molecule has 0 amide bonds. The number of likely N-dealkylation sites (N-methyl/N-ethyl adjacent to an activating group) is 1. The number of hydrogen-bond acceptors (Lipinski definition) is 3. The molecule has 22 heavy (non-hydrogen) atoms. The molecule has 0 spiro atoms. The van der Waals surface area contributed by atoms with Crippen LogP contribution < -0.4 is 0 Å². The minimum absolute atomic E-state index is 0.664. The summed E-state index contributed by atoms with van der Waals surface area (Å²) in [6.45, 7) is 3.77. The van der Waals surface area contributed by atoms with E-state index in [4.69, 9.17) is 6.42 Å². The number of benzene rings is 1. The Bertz CT molecular complexity index is 610. The van der Waals surface area contributed by atoms with Crippen molar-refractivity contribution in [2.75, 3.05) is 20.1 Å². The highest BCUT2D eigenvalue weighted by atomic mass is 15.4. The van der Waals surface area contributed by atoms with Gasteiger partial charge in [0.2, 0.25) is 0 Å². The minimum atomic E-state index is 0.664. The second-order valence-corrected chi connectivity index (χ2v) is 5.53. The molecule has 0 saturated heterocycles. The molecular formula is C18H24N4. The molecule has 0 radical (unpaired) electrons. The van der Waals surface area contributed by atoms with Gasteiger partial charge in [-0.3, -0.25) is 4.90 Å². The van der Waals surface area contributed by atoms with Crippen molar-refractivity contribution in [3.8, 4) is 18.0 Å². The molecule has 4 heteroatoms. The highest BCUT2D eigenvalue weighted by molar-refractivity contribution is 5.33. The molecule has 0 aliphatic carbocycles. The number of hydrogen-bond donors (Lipinski definition) is 0. The SMILES string of the molecule is C#CCN(C)CCc1nnn(-c2ccccc2)c1CCCC. The van der Waals surface area contributed by atoms with E-state index in [1.807, 2.05) is 29.9 Å². The van der Waals surface area contributed by atoms with Gasteiger partial charge in [-0.2, -0.15) is 0 Å². The monoisotopic (exact) mass is 296 g/mol. The second kappa shape index (κ2) is 8.35. The van der Waals surface area contributed by atoms with E-state index in [2.05, 4.69) is 40.2 Å². The van der Waals surface area contributed by atoms with E-state index in [1.165, 1.54) is 5.69 Å². The van der Waals surface area contributed by atoms with Gasteiger partial charge in [-0.05, 0) is 32.0 Å². The molecule has 1 heterocycles. The Hall–Kier alpha value is -2.12. The summed E-state index contributed by atoms with van der Waals surface area (Å²) in [5.41, 5.74) is 3.38. The molecule has 0 aliphatic heterocycles. The normalized spacial score (nSPS) is 10.8. The first-order chi connectivity index (χ1) is 10.8. The molecule has 0 aliphatic rings. The van der Waals surface area contributed by atoms with Crippen LogP contribution in [-0.2, 0) is 12.8 Å². The van der Waals surface area contributed by atoms with Crippen LogP contribution in [0.25, 0.3) is 5.69 Å². The third-order valence-electron chi connectivity index (χ3n) is 3.70. The average Bonchev–Trinajstić information content (AvgIpc) is 2.95. The third kappa shape index (κ3) is 4.19. The first-order valence-corrected chi connectivity index (χ1v) is 7.87. The topological polar surface area (TPSA) is 34.0 Å². The first-order valence-electron chi connectivity index (χ1n) is 7.87. The van der Waals surface area contributed by atoms with E-state index in [9.17, 15) is 0 Å². The van der Waals surface area contributed by atoms with Gasteiger partial charge in [-0.1, -0.05) is 42.7 Å². The third-order valence-corrected chi connectivity index (χ3v) is 3.70. The Morgan fingerprint density at radius 2 is 2.00 bits per heavy atom. The summed E-state index contributed by atoms with van der Waals surface area (Å²) >= 11 is 0. The Kier molecular flexibility index (Phi) is 6.17. The van der Waals surface area contributed by atoms with Gasteiger partial charge in [-0.15, -0.1) is 11.5 Å². The van der Waals surface area contributed by atoms with Gasteiger partial charge in [0.1, 0.15) is 0 Å². The zero-order valence-corrected chi connectivity index (χ0v) is 13.5. The van der Waals surface area contributed by atoms with Gasteiger partial charge in [0.15, 0.2) is 0 Å². The molecule has 0 bridgehead atoms. The molecule has 2 aromatic rings. The fourth-order valence-electron chi connectivity index (χ4n) is 2.43. The Balaban J connectivity index is 2.19. The van der Waals surface area contributed by atoms with Crippen LogP contribution in [0.1, 0.15) is 31.2 Å². The van der Waals surface area contributed by atoms with Crippen LogP contribution in [0.5, 0.6) is 0 Å². The van der Waals surface area contributed by atoms with Crippen LogP contribution in [0.3, 0.4) is 0 Å². The molecule has 1 aromatic heterocycles. The molecule has 1 aromatic carbocycles. The number of rotatable bonds is 8. The fraction of sp³-hybridized carbons (Fsp3) is 0.444. The summed E-state index contributed by atoms with van der Waals surface area (Å²) in [6, 6.07) is 10.2. The summed E-state index contributed by atoms with van der Waals surface area (Å²) in [6.07, 6.45) is 9.55. The van der Waals surface area contributed by atoms with E-state index in [0.717, 1.165) is 43.6 Å². The maximum atomic E-state index is 5.35. The van der Waals surface area contributed by atoms with E-state index >= 15 is 0 Å². The number of terminal acetylenes is 1. The van der Waals surface area contributed by atoms with Crippen LogP contribution in [0, 0.1) is 12.3 Å². The van der Waals surface area contributed by atoms with Gasteiger partial charge in [0.25, 0.3) is 0 Å². The summed E-state index contributed by atoms with van der Waals surface area (Å²) in [5.74, 6) is 2.67. The first kappa shape index (κ1) is 16.3. The lowest BCUT2D eigenvalue weighted by Crippen LogP contribution is -2.22. The fourth-order valence-corrected chi connectivity index (χ4v) is 2.43. The van der Waals surface area contributed by atoms with Gasteiger partial charge < -0.3 is 0 Å².